The van der Waals surface area contributed by atoms with Gasteiger partial charge in [0, 0.05) is 30.6 Å². The van der Waals surface area contributed by atoms with Gasteiger partial charge in [0.15, 0.2) is 0 Å². The van der Waals surface area contributed by atoms with Gasteiger partial charge in [0.2, 0.25) is 5.91 Å². The maximum absolute atomic E-state index is 13.4. The second-order valence-electron chi connectivity index (χ2n) is 8.74. The van der Waals surface area contributed by atoms with Crippen LogP contribution in [0.5, 0.6) is 0 Å². The lowest BCUT2D eigenvalue weighted by Crippen LogP contribution is -2.46. The van der Waals surface area contributed by atoms with E-state index in [1.165, 1.54) is 0 Å². The molecule has 3 rings (SSSR count). The van der Waals surface area contributed by atoms with E-state index in [-0.39, 0.29) is 30.4 Å². The molecule has 0 spiro atoms. The van der Waals surface area contributed by atoms with E-state index in [2.05, 4.69) is 33.0 Å². The van der Waals surface area contributed by atoms with Crippen LogP contribution in [-0.2, 0) is 17.8 Å². The Bertz CT molecular complexity index is 1090. The van der Waals surface area contributed by atoms with E-state index in [4.69, 9.17) is 4.98 Å². The SMILES string of the molecule is CCC(C)N(C(=O)Cn1c(CCNC(=O)c2ccccc2C)nc2ccccc21)C(C)CC. The van der Waals surface area contributed by atoms with Crippen LogP contribution < -0.4 is 5.32 Å². The van der Waals surface area contributed by atoms with Crippen molar-refractivity contribution < 1.29 is 9.59 Å². The average Bonchev–Trinajstić information content (AvgIpc) is 3.16. The molecular weight excluding hydrogens is 412 g/mol. The summed E-state index contributed by atoms with van der Waals surface area (Å²) >= 11 is 0. The van der Waals surface area contributed by atoms with Gasteiger partial charge in [-0.3, -0.25) is 9.59 Å². The van der Waals surface area contributed by atoms with Crippen molar-refractivity contribution in [1.82, 2.24) is 19.8 Å². The lowest BCUT2D eigenvalue weighted by Gasteiger charge is -2.34. The Kier molecular flexibility index (Phi) is 8.26. The predicted octanol–water partition coefficient (Wildman–Crippen LogP) is 4.74. The first-order valence-corrected chi connectivity index (χ1v) is 12.0. The number of rotatable bonds is 10. The molecule has 0 aliphatic heterocycles. The number of carbonyl (C=O) groups excluding carboxylic acids is 2. The fourth-order valence-electron chi connectivity index (χ4n) is 4.24. The molecule has 3 aromatic rings. The van der Waals surface area contributed by atoms with Crippen LogP contribution in [0.2, 0.25) is 0 Å². The highest BCUT2D eigenvalue weighted by Gasteiger charge is 2.25. The first kappa shape index (κ1) is 24.5. The first-order chi connectivity index (χ1) is 15.9. The molecule has 2 aromatic carbocycles. The molecule has 2 atom stereocenters. The molecule has 6 heteroatoms. The molecule has 0 radical (unpaired) electrons. The van der Waals surface area contributed by atoms with Crippen molar-refractivity contribution in [2.24, 2.45) is 0 Å². The summed E-state index contributed by atoms with van der Waals surface area (Å²) in [6.07, 6.45) is 2.38. The van der Waals surface area contributed by atoms with Crippen LogP contribution in [-0.4, -0.2) is 44.9 Å². The zero-order valence-corrected chi connectivity index (χ0v) is 20.5. The number of imidazole rings is 1. The molecule has 0 bridgehead atoms. The molecule has 0 aliphatic rings. The summed E-state index contributed by atoms with van der Waals surface area (Å²) in [5, 5.41) is 3.00. The molecular formula is C27H36N4O2. The number of aromatic nitrogens is 2. The molecule has 2 unspecified atom stereocenters. The van der Waals surface area contributed by atoms with Crippen molar-refractivity contribution >= 4 is 22.8 Å². The van der Waals surface area contributed by atoms with Gasteiger partial charge < -0.3 is 14.8 Å². The third-order valence-electron chi connectivity index (χ3n) is 6.47. The van der Waals surface area contributed by atoms with E-state index in [0.29, 0.717) is 18.5 Å². The summed E-state index contributed by atoms with van der Waals surface area (Å²) < 4.78 is 2.01. The quantitative estimate of drug-likeness (QED) is 0.487. The fourth-order valence-corrected chi connectivity index (χ4v) is 4.24. The summed E-state index contributed by atoms with van der Waals surface area (Å²) in [6, 6.07) is 15.8. The molecule has 6 nitrogen and oxygen atoms in total. The van der Waals surface area contributed by atoms with Gasteiger partial charge in [-0.05, 0) is 57.4 Å². The van der Waals surface area contributed by atoms with Crippen LogP contribution in [0.4, 0.5) is 0 Å². The number of amides is 2. The highest BCUT2D eigenvalue weighted by Crippen LogP contribution is 2.19. The zero-order valence-electron chi connectivity index (χ0n) is 20.5. The van der Waals surface area contributed by atoms with Crippen LogP contribution in [0.1, 0.15) is 62.3 Å². The van der Waals surface area contributed by atoms with Gasteiger partial charge in [0.25, 0.3) is 5.91 Å². The summed E-state index contributed by atoms with van der Waals surface area (Å²) in [5.74, 6) is 0.821. The first-order valence-electron chi connectivity index (χ1n) is 12.0. The number of carbonyl (C=O) groups is 2. The summed E-state index contributed by atoms with van der Waals surface area (Å²) in [6.45, 7) is 11.1. The molecule has 0 saturated carbocycles. The van der Waals surface area contributed by atoms with Gasteiger partial charge >= 0.3 is 0 Å². The minimum absolute atomic E-state index is 0.0912. The zero-order chi connectivity index (χ0) is 24.0. The van der Waals surface area contributed by atoms with E-state index in [9.17, 15) is 9.59 Å². The Morgan fingerprint density at radius 3 is 2.30 bits per heavy atom. The van der Waals surface area contributed by atoms with Gasteiger partial charge in [-0.25, -0.2) is 4.98 Å². The standard InChI is InChI=1S/C27H36N4O2/c1-6-20(4)31(21(5)7-2)26(32)18-30-24-15-11-10-14-23(24)29-25(30)16-17-28-27(33)22-13-9-8-12-19(22)3/h8-15,20-21H,6-7,16-18H2,1-5H3,(H,28,33). The normalized spacial score (nSPS) is 13.0. The molecule has 176 valence electrons. The second kappa shape index (κ2) is 11.1. The number of nitrogens with zero attached hydrogens (tertiary/aromatic N) is 3. The minimum Gasteiger partial charge on any atom is -0.352 e. The van der Waals surface area contributed by atoms with Crippen molar-refractivity contribution in [1.29, 1.82) is 0 Å². The lowest BCUT2D eigenvalue weighted by atomic mass is 10.1. The smallest absolute Gasteiger partial charge is 0.251 e. The number of fused-ring (bicyclic) bond motifs is 1. The second-order valence-corrected chi connectivity index (χ2v) is 8.74. The fraction of sp³-hybridized carbons (Fsp3) is 0.444. The van der Waals surface area contributed by atoms with Crippen LogP contribution in [0.25, 0.3) is 11.0 Å². The van der Waals surface area contributed by atoms with E-state index in [1.807, 2.05) is 64.9 Å². The Hall–Kier alpha value is -3.15. The summed E-state index contributed by atoms with van der Waals surface area (Å²) in [7, 11) is 0. The number of hydrogen-bond donors (Lipinski definition) is 1. The predicted molar refractivity (Wildman–Crippen MR) is 133 cm³/mol. The van der Waals surface area contributed by atoms with Crippen molar-refractivity contribution in [3.05, 3.63) is 65.5 Å². The molecule has 1 N–H and O–H groups in total. The summed E-state index contributed by atoms with van der Waals surface area (Å²) in [4.78, 5) is 32.8. The van der Waals surface area contributed by atoms with E-state index < -0.39 is 0 Å². The Morgan fingerprint density at radius 2 is 1.64 bits per heavy atom. The topological polar surface area (TPSA) is 67.2 Å². The number of aryl methyl sites for hydroxylation is 1. The highest BCUT2D eigenvalue weighted by molar-refractivity contribution is 5.95. The third kappa shape index (κ3) is 5.62. The molecule has 0 aliphatic carbocycles. The van der Waals surface area contributed by atoms with Crippen LogP contribution in [0, 0.1) is 6.92 Å². The van der Waals surface area contributed by atoms with Gasteiger partial charge in [0.05, 0.1) is 11.0 Å². The molecule has 2 amide bonds. The number of para-hydroxylation sites is 2. The van der Waals surface area contributed by atoms with Crippen molar-refractivity contribution in [2.75, 3.05) is 6.54 Å². The van der Waals surface area contributed by atoms with Crippen molar-refractivity contribution in [2.45, 2.75) is 72.5 Å². The maximum Gasteiger partial charge on any atom is 0.251 e. The van der Waals surface area contributed by atoms with Crippen LogP contribution >= 0.6 is 0 Å². The Morgan fingerprint density at radius 1 is 1.00 bits per heavy atom. The average molecular weight is 449 g/mol. The molecule has 1 heterocycles. The summed E-state index contributed by atoms with van der Waals surface area (Å²) in [5.41, 5.74) is 3.44. The van der Waals surface area contributed by atoms with Crippen molar-refractivity contribution in [3.63, 3.8) is 0 Å². The van der Waals surface area contributed by atoms with Crippen molar-refractivity contribution in [3.8, 4) is 0 Å². The number of benzene rings is 2. The van der Waals surface area contributed by atoms with E-state index in [0.717, 1.165) is 35.3 Å². The molecule has 0 fully saturated rings. The van der Waals surface area contributed by atoms with Gasteiger partial charge in [-0.2, -0.15) is 0 Å². The monoisotopic (exact) mass is 448 g/mol. The van der Waals surface area contributed by atoms with E-state index >= 15 is 0 Å². The van der Waals surface area contributed by atoms with Gasteiger partial charge in [0.1, 0.15) is 12.4 Å². The van der Waals surface area contributed by atoms with Crippen LogP contribution in [0.15, 0.2) is 48.5 Å². The minimum atomic E-state index is -0.0912. The lowest BCUT2D eigenvalue weighted by molar-refractivity contribution is -0.136. The highest BCUT2D eigenvalue weighted by atomic mass is 16.2. The van der Waals surface area contributed by atoms with Gasteiger partial charge in [-0.15, -0.1) is 0 Å². The number of hydrogen-bond acceptors (Lipinski definition) is 3. The molecule has 0 saturated heterocycles. The maximum atomic E-state index is 13.4. The van der Waals surface area contributed by atoms with Gasteiger partial charge in [-0.1, -0.05) is 44.2 Å². The largest absolute Gasteiger partial charge is 0.352 e. The number of nitrogens with one attached hydrogen (secondary N) is 1. The Labute approximate surface area is 197 Å². The van der Waals surface area contributed by atoms with Crippen LogP contribution in [0.3, 0.4) is 0 Å². The third-order valence-corrected chi connectivity index (χ3v) is 6.47. The Balaban J connectivity index is 1.80. The molecule has 1 aromatic heterocycles. The van der Waals surface area contributed by atoms with E-state index in [1.54, 1.807) is 0 Å². The molecule has 33 heavy (non-hydrogen) atoms.